The molecule has 112 valence electrons. The molecule has 1 aliphatic rings. The van der Waals surface area contributed by atoms with Crippen LogP contribution in [0, 0.1) is 0 Å². The molecule has 1 aromatic rings. The number of likely N-dealkylation sites (N-methyl/N-ethyl adjacent to an activating group) is 1. The van der Waals surface area contributed by atoms with E-state index in [9.17, 15) is 5.11 Å². The zero-order valence-electron chi connectivity index (χ0n) is 12.5. The number of hydrogen-bond donors (Lipinski definition) is 1. The molecule has 1 atom stereocenters. The van der Waals surface area contributed by atoms with Gasteiger partial charge in [0.25, 0.3) is 0 Å². The van der Waals surface area contributed by atoms with Gasteiger partial charge in [0.15, 0.2) is 0 Å². The zero-order chi connectivity index (χ0) is 14.4. The Hall–Kier alpha value is -1.10. The molecular weight excluding hydrogens is 252 g/mol. The van der Waals surface area contributed by atoms with Gasteiger partial charge in [-0.1, -0.05) is 18.2 Å². The van der Waals surface area contributed by atoms with Crippen molar-refractivity contribution in [2.45, 2.75) is 25.0 Å². The first-order chi connectivity index (χ1) is 9.65. The van der Waals surface area contributed by atoms with Crippen molar-refractivity contribution in [3.05, 3.63) is 30.3 Å². The van der Waals surface area contributed by atoms with Gasteiger partial charge in [-0.15, -0.1) is 0 Å². The second-order valence-corrected chi connectivity index (χ2v) is 5.75. The van der Waals surface area contributed by atoms with E-state index in [-0.39, 0.29) is 0 Å². The molecule has 4 nitrogen and oxygen atoms in total. The Morgan fingerprint density at radius 2 is 1.95 bits per heavy atom. The summed E-state index contributed by atoms with van der Waals surface area (Å²) in [5.41, 5.74) is 0. The van der Waals surface area contributed by atoms with Gasteiger partial charge in [-0.2, -0.15) is 0 Å². The van der Waals surface area contributed by atoms with Gasteiger partial charge in [-0.3, -0.25) is 0 Å². The zero-order valence-corrected chi connectivity index (χ0v) is 12.5. The van der Waals surface area contributed by atoms with Gasteiger partial charge in [-0.05, 0) is 52.2 Å². The fourth-order valence-corrected chi connectivity index (χ4v) is 2.68. The number of para-hydroxylation sites is 1. The molecule has 4 heteroatoms. The van der Waals surface area contributed by atoms with Gasteiger partial charge >= 0.3 is 0 Å². The standard InChI is InChI=1S/C16H26N2O2/c1-17-10-8-14(9-11-17)18(2)12-15(19)13-20-16-6-4-3-5-7-16/h3-7,14-15,19H,8-13H2,1-2H3. The van der Waals surface area contributed by atoms with Gasteiger partial charge < -0.3 is 19.6 Å². The smallest absolute Gasteiger partial charge is 0.119 e. The minimum Gasteiger partial charge on any atom is -0.491 e. The molecule has 0 bridgehead atoms. The lowest BCUT2D eigenvalue weighted by molar-refractivity contribution is 0.0498. The molecule has 20 heavy (non-hydrogen) atoms. The van der Waals surface area contributed by atoms with Gasteiger partial charge in [0.1, 0.15) is 18.5 Å². The van der Waals surface area contributed by atoms with Gasteiger partial charge in [0, 0.05) is 12.6 Å². The van der Waals surface area contributed by atoms with Crippen molar-refractivity contribution in [2.75, 3.05) is 40.3 Å². The lowest BCUT2D eigenvalue weighted by Crippen LogP contribution is -2.45. The molecule has 1 unspecified atom stereocenters. The maximum absolute atomic E-state index is 10.1. The van der Waals surface area contributed by atoms with Crippen LogP contribution in [0.5, 0.6) is 5.75 Å². The van der Waals surface area contributed by atoms with Crippen LogP contribution in [-0.2, 0) is 0 Å². The summed E-state index contributed by atoms with van der Waals surface area (Å²) in [6.45, 7) is 3.30. The average molecular weight is 278 g/mol. The first-order valence-corrected chi connectivity index (χ1v) is 7.40. The third kappa shape index (κ3) is 4.78. The summed E-state index contributed by atoms with van der Waals surface area (Å²) in [5, 5.41) is 10.1. The van der Waals surface area contributed by atoms with Crippen LogP contribution >= 0.6 is 0 Å². The van der Waals surface area contributed by atoms with Crippen molar-refractivity contribution >= 4 is 0 Å². The SMILES string of the molecule is CN1CCC(N(C)CC(O)COc2ccccc2)CC1. The van der Waals surface area contributed by atoms with Crippen molar-refractivity contribution in [1.29, 1.82) is 0 Å². The van der Waals surface area contributed by atoms with Gasteiger partial charge in [0.05, 0.1) is 0 Å². The Kier molecular flexibility index (Phi) is 5.83. The third-order valence-corrected chi connectivity index (χ3v) is 4.00. The highest BCUT2D eigenvalue weighted by Crippen LogP contribution is 2.14. The average Bonchev–Trinajstić information content (AvgIpc) is 2.47. The summed E-state index contributed by atoms with van der Waals surface area (Å²) < 4.78 is 5.59. The number of hydrogen-bond acceptors (Lipinski definition) is 4. The predicted molar refractivity (Wildman–Crippen MR) is 81.1 cm³/mol. The van der Waals surface area contributed by atoms with Crippen LogP contribution < -0.4 is 4.74 Å². The second-order valence-electron chi connectivity index (χ2n) is 5.75. The second kappa shape index (κ2) is 7.62. The van der Waals surface area contributed by atoms with Crippen LogP contribution in [0.4, 0.5) is 0 Å². The highest BCUT2D eigenvalue weighted by molar-refractivity contribution is 5.20. The number of piperidine rings is 1. The lowest BCUT2D eigenvalue weighted by atomic mass is 10.0. The first kappa shape index (κ1) is 15.3. The number of aliphatic hydroxyl groups excluding tert-OH is 1. The Labute approximate surface area is 122 Å². The van der Waals surface area contributed by atoms with E-state index in [4.69, 9.17) is 4.74 Å². The van der Waals surface area contributed by atoms with E-state index in [0.29, 0.717) is 19.2 Å². The van der Waals surface area contributed by atoms with Crippen molar-refractivity contribution in [3.63, 3.8) is 0 Å². The lowest BCUT2D eigenvalue weighted by Gasteiger charge is -2.35. The predicted octanol–water partition coefficient (Wildman–Crippen LogP) is 1.45. The molecule has 1 aromatic carbocycles. The van der Waals surface area contributed by atoms with E-state index in [1.807, 2.05) is 30.3 Å². The molecule has 1 heterocycles. The van der Waals surface area contributed by atoms with Crippen LogP contribution in [-0.4, -0.2) is 67.4 Å². The molecule has 1 N–H and O–H groups in total. The Balaban J connectivity index is 1.69. The van der Waals surface area contributed by atoms with E-state index in [1.165, 1.54) is 12.8 Å². The molecule has 1 fully saturated rings. The third-order valence-electron chi connectivity index (χ3n) is 4.00. The van der Waals surface area contributed by atoms with Crippen LogP contribution in [0.2, 0.25) is 0 Å². The molecule has 0 spiro atoms. The summed E-state index contributed by atoms with van der Waals surface area (Å²) in [6, 6.07) is 10.2. The summed E-state index contributed by atoms with van der Waals surface area (Å²) in [5.74, 6) is 0.813. The topological polar surface area (TPSA) is 35.9 Å². The maximum atomic E-state index is 10.1. The molecule has 1 aliphatic heterocycles. The molecule has 0 aromatic heterocycles. The molecular formula is C16H26N2O2. The molecule has 0 radical (unpaired) electrons. The normalized spacial score (nSPS) is 19.2. The number of nitrogens with zero attached hydrogens (tertiary/aromatic N) is 2. The van der Waals surface area contributed by atoms with Crippen LogP contribution in [0.25, 0.3) is 0 Å². The first-order valence-electron chi connectivity index (χ1n) is 7.40. The van der Waals surface area contributed by atoms with Crippen LogP contribution in [0.3, 0.4) is 0 Å². The van der Waals surface area contributed by atoms with Gasteiger partial charge in [0.2, 0.25) is 0 Å². The molecule has 2 rings (SSSR count). The molecule has 0 aliphatic carbocycles. The van der Waals surface area contributed by atoms with E-state index in [2.05, 4.69) is 23.9 Å². The Morgan fingerprint density at radius 3 is 2.60 bits per heavy atom. The van der Waals surface area contributed by atoms with E-state index in [0.717, 1.165) is 18.8 Å². The van der Waals surface area contributed by atoms with Crippen molar-refractivity contribution < 1.29 is 9.84 Å². The largest absolute Gasteiger partial charge is 0.491 e. The van der Waals surface area contributed by atoms with Crippen molar-refractivity contribution in [3.8, 4) is 5.75 Å². The fourth-order valence-electron chi connectivity index (χ4n) is 2.68. The number of aliphatic hydroxyl groups is 1. The summed E-state index contributed by atoms with van der Waals surface area (Å²) in [4.78, 5) is 4.63. The van der Waals surface area contributed by atoms with Crippen molar-refractivity contribution in [2.24, 2.45) is 0 Å². The van der Waals surface area contributed by atoms with Crippen molar-refractivity contribution in [1.82, 2.24) is 9.80 Å². The highest BCUT2D eigenvalue weighted by Gasteiger charge is 2.22. The van der Waals surface area contributed by atoms with Crippen LogP contribution in [0.15, 0.2) is 30.3 Å². The number of rotatable bonds is 6. The fraction of sp³-hybridized carbons (Fsp3) is 0.625. The molecule has 0 amide bonds. The minimum absolute atomic E-state index is 0.348. The summed E-state index contributed by atoms with van der Waals surface area (Å²) in [6.07, 6.45) is 1.92. The molecule has 1 saturated heterocycles. The monoisotopic (exact) mass is 278 g/mol. The van der Waals surface area contributed by atoms with E-state index in [1.54, 1.807) is 0 Å². The number of benzene rings is 1. The highest BCUT2D eigenvalue weighted by atomic mass is 16.5. The van der Waals surface area contributed by atoms with E-state index >= 15 is 0 Å². The van der Waals surface area contributed by atoms with Gasteiger partial charge in [-0.25, -0.2) is 0 Å². The van der Waals surface area contributed by atoms with Crippen LogP contribution in [0.1, 0.15) is 12.8 Å². The Morgan fingerprint density at radius 1 is 1.30 bits per heavy atom. The Bertz CT molecular complexity index is 377. The van der Waals surface area contributed by atoms with E-state index < -0.39 is 6.10 Å². The number of likely N-dealkylation sites (tertiary alicyclic amines) is 1. The summed E-state index contributed by atoms with van der Waals surface area (Å²) >= 11 is 0. The minimum atomic E-state index is -0.445. The summed E-state index contributed by atoms with van der Waals surface area (Å²) in [7, 11) is 4.26. The quantitative estimate of drug-likeness (QED) is 0.854. The maximum Gasteiger partial charge on any atom is 0.119 e. The number of ether oxygens (including phenoxy) is 1. The molecule has 0 saturated carbocycles.